The number of rotatable bonds is 3. The number of aromatic amines is 1. The van der Waals surface area contributed by atoms with Crippen LogP contribution < -0.4 is 5.32 Å². The molecular weight excluding hydrogens is 278 g/mol. The van der Waals surface area contributed by atoms with Crippen LogP contribution in [0.2, 0.25) is 0 Å². The molecule has 1 aromatic heterocycles. The molecule has 6 heteroatoms. The highest BCUT2D eigenvalue weighted by Gasteiger charge is 2.37. The van der Waals surface area contributed by atoms with Crippen LogP contribution in [0.3, 0.4) is 0 Å². The molecule has 3 rings (SSSR count). The molecule has 3 heterocycles. The first-order valence-electron chi connectivity index (χ1n) is 8.35. The summed E-state index contributed by atoms with van der Waals surface area (Å²) in [6.07, 6.45) is 3.94. The van der Waals surface area contributed by atoms with Crippen molar-refractivity contribution in [2.75, 3.05) is 19.6 Å². The van der Waals surface area contributed by atoms with Gasteiger partial charge in [-0.3, -0.25) is 10.00 Å². The minimum atomic E-state index is 0.0425. The summed E-state index contributed by atoms with van der Waals surface area (Å²) in [6, 6.07) is 1.26. The molecule has 2 aliphatic heterocycles. The lowest BCUT2D eigenvalue weighted by Crippen LogP contribution is -2.64. The average molecular weight is 305 g/mol. The van der Waals surface area contributed by atoms with Gasteiger partial charge in [0.25, 0.3) is 0 Å². The Labute approximate surface area is 132 Å². The van der Waals surface area contributed by atoms with Gasteiger partial charge in [-0.05, 0) is 40.2 Å². The maximum absolute atomic E-state index is 12.2. The van der Waals surface area contributed by atoms with Crippen molar-refractivity contribution in [2.45, 2.75) is 58.7 Å². The topological polar surface area (TPSA) is 64.3 Å². The van der Waals surface area contributed by atoms with Crippen LogP contribution >= 0.6 is 0 Å². The van der Waals surface area contributed by atoms with Crippen molar-refractivity contribution >= 4 is 6.03 Å². The Bertz CT molecular complexity index is 515. The number of urea groups is 1. The number of nitrogens with one attached hydrogen (secondary N) is 2. The van der Waals surface area contributed by atoms with Gasteiger partial charge < -0.3 is 10.2 Å². The number of carbonyl (C=O) groups is 1. The monoisotopic (exact) mass is 305 g/mol. The fourth-order valence-electron chi connectivity index (χ4n) is 3.60. The average Bonchev–Trinajstić information content (AvgIpc) is 2.76. The number of likely N-dealkylation sites (tertiary alicyclic amines) is 2. The molecule has 2 N–H and O–H groups in total. The Morgan fingerprint density at radius 1 is 1.36 bits per heavy atom. The van der Waals surface area contributed by atoms with E-state index in [0.717, 1.165) is 30.0 Å². The number of hydrogen-bond acceptors (Lipinski definition) is 3. The molecule has 2 amide bonds. The van der Waals surface area contributed by atoms with E-state index in [1.165, 1.54) is 25.8 Å². The predicted octanol–water partition coefficient (Wildman–Crippen LogP) is 1.79. The number of aryl methyl sites for hydroxylation is 2. The fraction of sp³-hybridized carbons (Fsp3) is 0.750. The van der Waals surface area contributed by atoms with Crippen molar-refractivity contribution in [1.82, 2.24) is 25.3 Å². The van der Waals surface area contributed by atoms with Crippen LogP contribution in [-0.2, 0) is 6.54 Å². The summed E-state index contributed by atoms with van der Waals surface area (Å²) in [5, 5.41) is 10.1. The lowest BCUT2D eigenvalue weighted by molar-refractivity contribution is 0.0169. The van der Waals surface area contributed by atoms with Crippen LogP contribution in [0.4, 0.5) is 4.79 Å². The van der Waals surface area contributed by atoms with Gasteiger partial charge in [-0.2, -0.15) is 5.10 Å². The van der Waals surface area contributed by atoms with Gasteiger partial charge >= 0.3 is 6.03 Å². The highest BCUT2D eigenvalue weighted by Crippen LogP contribution is 2.24. The molecule has 6 nitrogen and oxygen atoms in total. The maximum atomic E-state index is 12.2. The molecule has 22 heavy (non-hydrogen) atoms. The largest absolute Gasteiger partial charge is 0.334 e. The van der Waals surface area contributed by atoms with Gasteiger partial charge in [0.2, 0.25) is 0 Å². The highest BCUT2D eigenvalue weighted by atomic mass is 16.2. The summed E-state index contributed by atoms with van der Waals surface area (Å²) in [5.41, 5.74) is 3.08. The third-order valence-electron chi connectivity index (χ3n) is 5.17. The molecular formula is C16H27N5O. The summed E-state index contributed by atoms with van der Waals surface area (Å²) in [6.45, 7) is 9.72. The number of carbonyl (C=O) groups excluding carboxylic acids is 1. The zero-order valence-corrected chi connectivity index (χ0v) is 13.9. The van der Waals surface area contributed by atoms with E-state index >= 15 is 0 Å². The quantitative estimate of drug-likeness (QED) is 0.895. The SMILES string of the molecule is Cc1n[nH]c(C)c1CNC(=O)N1CC(N2CCCC[C@@H]2C)C1. The number of nitrogens with zero attached hydrogens (tertiary/aromatic N) is 3. The zero-order valence-electron chi connectivity index (χ0n) is 13.9. The van der Waals surface area contributed by atoms with Gasteiger partial charge in [-0.25, -0.2) is 4.79 Å². The molecule has 0 aliphatic carbocycles. The molecule has 2 fully saturated rings. The third kappa shape index (κ3) is 2.97. The number of amides is 2. The van der Waals surface area contributed by atoms with Crippen LogP contribution in [0.1, 0.15) is 43.1 Å². The molecule has 0 unspecified atom stereocenters. The van der Waals surface area contributed by atoms with Gasteiger partial charge in [0, 0.05) is 43.0 Å². The van der Waals surface area contributed by atoms with E-state index in [2.05, 4.69) is 27.3 Å². The van der Waals surface area contributed by atoms with Crippen LogP contribution in [0.5, 0.6) is 0 Å². The molecule has 0 saturated carbocycles. The van der Waals surface area contributed by atoms with Gasteiger partial charge in [0.1, 0.15) is 0 Å². The van der Waals surface area contributed by atoms with Crippen molar-refractivity contribution < 1.29 is 4.79 Å². The normalized spacial score (nSPS) is 23.4. The molecule has 0 bridgehead atoms. The first-order valence-corrected chi connectivity index (χ1v) is 8.35. The first-order chi connectivity index (χ1) is 10.6. The van der Waals surface area contributed by atoms with Crippen molar-refractivity contribution in [2.24, 2.45) is 0 Å². The number of H-pyrrole nitrogens is 1. The molecule has 122 valence electrons. The Hall–Kier alpha value is -1.56. The standard InChI is InChI=1S/C16H27N5O/c1-11-6-4-5-7-21(11)14-9-20(10-14)16(22)17-8-15-12(2)18-19-13(15)3/h11,14H,4-10H2,1-3H3,(H,17,22)(H,18,19)/t11-/m0/s1. The van der Waals surface area contributed by atoms with Crippen LogP contribution in [0.15, 0.2) is 0 Å². The second-order valence-electron chi connectivity index (χ2n) is 6.71. The first kappa shape index (κ1) is 15.3. The van der Waals surface area contributed by atoms with E-state index in [1.54, 1.807) is 0 Å². The summed E-state index contributed by atoms with van der Waals surface area (Å²) < 4.78 is 0. The van der Waals surface area contributed by atoms with E-state index in [0.29, 0.717) is 18.6 Å². The van der Waals surface area contributed by atoms with E-state index in [1.807, 2.05) is 18.7 Å². The number of hydrogen-bond donors (Lipinski definition) is 2. The number of aromatic nitrogens is 2. The summed E-state index contributed by atoms with van der Waals surface area (Å²) in [4.78, 5) is 16.7. The van der Waals surface area contributed by atoms with Crippen LogP contribution in [0.25, 0.3) is 0 Å². The smallest absolute Gasteiger partial charge is 0.317 e. The fourth-order valence-corrected chi connectivity index (χ4v) is 3.60. The van der Waals surface area contributed by atoms with Crippen LogP contribution in [0, 0.1) is 13.8 Å². The van der Waals surface area contributed by atoms with Crippen molar-refractivity contribution in [1.29, 1.82) is 0 Å². The van der Waals surface area contributed by atoms with Crippen molar-refractivity contribution in [3.63, 3.8) is 0 Å². The Balaban J connectivity index is 1.45. The number of piperidine rings is 1. The molecule has 0 aromatic carbocycles. The maximum Gasteiger partial charge on any atom is 0.317 e. The van der Waals surface area contributed by atoms with E-state index in [9.17, 15) is 4.79 Å². The van der Waals surface area contributed by atoms with E-state index < -0.39 is 0 Å². The molecule has 0 spiro atoms. The predicted molar refractivity (Wildman–Crippen MR) is 85.7 cm³/mol. The lowest BCUT2D eigenvalue weighted by atomic mass is 9.98. The molecule has 1 atom stereocenters. The van der Waals surface area contributed by atoms with Crippen LogP contribution in [-0.4, -0.2) is 57.7 Å². The van der Waals surface area contributed by atoms with Crippen molar-refractivity contribution in [3.8, 4) is 0 Å². The molecule has 2 saturated heterocycles. The molecule has 0 radical (unpaired) electrons. The minimum Gasteiger partial charge on any atom is -0.334 e. The summed E-state index contributed by atoms with van der Waals surface area (Å²) in [5.74, 6) is 0. The van der Waals surface area contributed by atoms with Gasteiger partial charge in [0.15, 0.2) is 0 Å². The lowest BCUT2D eigenvalue weighted by Gasteiger charge is -2.49. The van der Waals surface area contributed by atoms with Gasteiger partial charge in [0.05, 0.1) is 5.69 Å². The molecule has 2 aliphatic rings. The summed E-state index contributed by atoms with van der Waals surface area (Å²) in [7, 11) is 0. The van der Waals surface area contributed by atoms with E-state index in [-0.39, 0.29) is 6.03 Å². The van der Waals surface area contributed by atoms with Gasteiger partial charge in [-0.15, -0.1) is 0 Å². The van der Waals surface area contributed by atoms with Gasteiger partial charge in [-0.1, -0.05) is 6.42 Å². The second-order valence-corrected chi connectivity index (χ2v) is 6.71. The Kier molecular flexibility index (Phi) is 4.38. The highest BCUT2D eigenvalue weighted by molar-refractivity contribution is 5.75. The Morgan fingerprint density at radius 2 is 2.14 bits per heavy atom. The summed E-state index contributed by atoms with van der Waals surface area (Å²) >= 11 is 0. The molecule has 1 aromatic rings. The zero-order chi connectivity index (χ0) is 15.7. The Morgan fingerprint density at radius 3 is 2.77 bits per heavy atom. The van der Waals surface area contributed by atoms with Crippen molar-refractivity contribution in [3.05, 3.63) is 17.0 Å². The second kappa shape index (κ2) is 6.28. The van der Waals surface area contributed by atoms with E-state index in [4.69, 9.17) is 0 Å². The minimum absolute atomic E-state index is 0.0425. The third-order valence-corrected chi connectivity index (χ3v) is 5.17.